The highest BCUT2D eigenvalue weighted by Gasteiger charge is 2.13. The summed E-state index contributed by atoms with van der Waals surface area (Å²) in [4.78, 5) is 4.08. The topological polar surface area (TPSA) is 24.9 Å². The van der Waals surface area contributed by atoms with Crippen LogP contribution in [0.25, 0.3) is 0 Å². The van der Waals surface area contributed by atoms with E-state index < -0.39 is 0 Å². The molecule has 1 heterocycles. The van der Waals surface area contributed by atoms with E-state index >= 15 is 0 Å². The molecular weight excluding hydrogens is 172 g/mol. The molecule has 1 aromatic heterocycles. The summed E-state index contributed by atoms with van der Waals surface area (Å²) in [5.41, 5.74) is 1.64. The zero-order valence-electron chi connectivity index (χ0n) is 9.38. The van der Waals surface area contributed by atoms with E-state index in [2.05, 4.69) is 37.1 Å². The van der Waals surface area contributed by atoms with E-state index in [9.17, 15) is 0 Å². The van der Waals surface area contributed by atoms with Gasteiger partial charge in [-0.25, -0.2) is 0 Å². The van der Waals surface area contributed by atoms with Gasteiger partial charge in [0.05, 0.1) is 0 Å². The molecule has 0 spiro atoms. The Morgan fingerprint density at radius 1 is 1.43 bits per heavy atom. The van der Waals surface area contributed by atoms with Gasteiger partial charge in [-0.1, -0.05) is 26.8 Å². The van der Waals surface area contributed by atoms with Crippen LogP contribution in [-0.2, 0) is 6.54 Å². The smallest absolute Gasteiger partial charge is 0.0312 e. The first-order valence-corrected chi connectivity index (χ1v) is 5.24. The maximum absolute atomic E-state index is 4.08. The summed E-state index contributed by atoms with van der Waals surface area (Å²) in [5.74, 6) is 0. The van der Waals surface area contributed by atoms with Crippen LogP contribution in [0.15, 0.2) is 24.5 Å². The van der Waals surface area contributed by atoms with Gasteiger partial charge in [-0.15, -0.1) is 0 Å². The molecule has 2 heteroatoms. The normalized spacial score (nSPS) is 11.6. The first-order valence-electron chi connectivity index (χ1n) is 5.24. The Labute approximate surface area is 86.8 Å². The molecule has 1 rings (SSSR count). The molecule has 0 bridgehead atoms. The summed E-state index contributed by atoms with van der Waals surface area (Å²) in [7, 11) is 0. The Hall–Kier alpha value is -0.890. The van der Waals surface area contributed by atoms with Crippen LogP contribution in [0.5, 0.6) is 0 Å². The minimum atomic E-state index is 0.391. The highest BCUT2D eigenvalue weighted by atomic mass is 14.9. The largest absolute Gasteiger partial charge is 0.312 e. The van der Waals surface area contributed by atoms with Crippen molar-refractivity contribution in [1.29, 1.82) is 0 Å². The Balaban J connectivity index is 2.29. The third kappa shape index (κ3) is 3.88. The fraction of sp³-hybridized carbons (Fsp3) is 0.583. The van der Waals surface area contributed by atoms with E-state index in [0.717, 1.165) is 13.1 Å². The van der Waals surface area contributed by atoms with Crippen molar-refractivity contribution in [3.8, 4) is 0 Å². The molecule has 0 unspecified atom stereocenters. The Morgan fingerprint density at radius 2 is 2.21 bits per heavy atom. The van der Waals surface area contributed by atoms with Crippen LogP contribution in [0, 0.1) is 5.41 Å². The van der Waals surface area contributed by atoms with Crippen molar-refractivity contribution in [3.63, 3.8) is 0 Å². The third-order valence-electron chi connectivity index (χ3n) is 2.61. The third-order valence-corrected chi connectivity index (χ3v) is 2.61. The quantitative estimate of drug-likeness (QED) is 0.775. The van der Waals surface area contributed by atoms with Gasteiger partial charge in [0.2, 0.25) is 0 Å². The van der Waals surface area contributed by atoms with Crippen molar-refractivity contribution in [2.75, 3.05) is 6.54 Å². The molecule has 0 saturated carbocycles. The molecule has 14 heavy (non-hydrogen) atoms. The highest BCUT2D eigenvalue weighted by Crippen LogP contribution is 2.17. The molecule has 0 atom stereocenters. The van der Waals surface area contributed by atoms with Crippen molar-refractivity contribution in [2.24, 2.45) is 5.41 Å². The minimum Gasteiger partial charge on any atom is -0.312 e. The van der Waals surface area contributed by atoms with E-state index in [1.54, 1.807) is 6.20 Å². The zero-order valence-corrected chi connectivity index (χ0v) is 9.38. The van der Waals surface area contributed by atoms with E-state index in [0.29, 0.717) is 5.41 Å². The number of hydrogen-bond acceptors (Lipinski definition) is 2. The van der Waals surface area contributed by atoms with E-state index in [1.807, 2.05) is 12.3 Å². The first kappa shape index (κ1) is 11.2. The number of pyridine rings is 1. The van der Waals surface area contributed by atoms with Crippen molar-refractivity contribution in [3.05, 3.63) is 30.1 Å². The number of nitrogens with zero attached hydrogens (tertiary/aromatic N) is 1. The SMILES string of the molecule is CCC(C)(C)CNCc1cccnc1. The van der Waals surface area contributed by atoms with Crippen LogP contribution < -0.4 is 5.32 Å². The van der Waals surface area contributed by atoms with Gasteiger partial charge in [0.25, 0.3) is 0 Å². The molecule has 0 aliphatic carbocycles. The molecule has 0 amide bonds. The second-order valence-electron chi connectivity index (χ2n) is 4.48. The Kier molecular flexibility index (Phi) is 4.08. The average Bonchev–Trinajstić information content (AvgIpc) is 2.19. The average molecular weight is 192 g/mol. The lowest BCUT2D eigenvalue weighted by atomic mass is 9.90. The van der Waals surface area contributed by atoms with E-state index in [4.69, 9.17) is 0 Å². The second kappa shape index (κ2) is 5.11. The van der Waals surface area contributed by atoms with Gasteiger partial charge in [0, 0.05) is 25.5 Å². The molecule has 0 radical (unpaired) electrons. The van der Waals surface area contributed by atoms with Crippen molar-refractivity contribution < 1.29 is 0 Å². The van der Waals surface area contributed by atoms with Crippen molar-refractivity contribution in [2.45, 2.75) is 33.7 Å². The molecule has 0 aliphatic rings. The number of hydrogen-bond donors (Lipinski definition) is 1. The molecule has 0 aliphatic heterocycles. The lowest BCUT2D eigenvalue weighted by molar-refractivity contribution is 0.327. The van der Waals surface area contributed by atoms with Crippen LogP contribution in [0.3, 0.4) is 0 Å². The predicted octanol–water partition coefficient (Wildman–Crippen LogP) is 2.61. The highest BCUT2D eigenvalue weighted by molar-refractivity contribution is 5.07. The molecule has 0 fully saturated rings. The number of aromatic nitrogens is 1. The van der Waals surface area contributed by atoms with Crippen LogP contribution in [0.1, 0.15) is 32.8 Å². The molecule has 0 saturated heterocycles. The lowest BCUT2D eigenvalue weighted by Gasteiger charge is -2.22. The fourth-order valence-corrected chi connectivity index (χ4v) is 1.17. The summed E-state index contributed by atoms with van der Waals surface area (Å²) in [6, 6.07) is 4.07. The fourth-order valence-electron chi connectivity index (χ4n) is 1.17. The molecule has 0 aromatic carbocycles. The maximum atomic E-state index is 4.08. The molecule has 78 valence electrons. The minimum absolute atomic E-state index is 0.391. The number of rotatable bonds is 5. The summed E-state index contributed by atoms with van der Waals surface area (Å²) < 4.78 is 0. The van der Waals surface area contributed by atoms with Gasteiger partial charge in [0.1, 0.15) is 0 Å². The van der Waals surface area contributed by atoms with Gasteiger partial charge in [-0.2, -0.15) is 0 Å². The van der Waals surface area contributed by atoms with Crippen LogP contribution in [0.2, 0.25) is 0 Å². The van der Waals surface area contributed by atoms with Crippen molar-refractivity contribution >= 4 is 0 Å². The number of nitrogens with one attached hydrogen (secondary N) is 1. The van der Waals surface area contributed by atoms with Gasteiger partial charge in [-0.3, -0.25) is 4.98 Å². The summed E-state index contributed by atoms with van der Waals surface area (Å²) >= 11 is 0. The maximum Gasteiger partial charge on any atom is 0.0312 e. The van der Waals surface area contributed by atoms with Crippen molar-refractivity contribution in [1.82, 2.24) is 10.3 Å². The lowest BCUT2D eigenvalue weighted by Crippen LogP contribution is -2.28. The van der Waals surface area contributed by atoms with Gasteiger partial charge < -0.3 is 5.32 Å². The molecule has 1 N–H and O–H groups in total. The van der Waals surface area contributed by atoms with Crippen LogP contribution in [-0.4, -0.2) is 11.5 Å². The second-order valence-corrected chi connectivity index (χ2v) is 4.48. The molecule has 1 aromatic rings. The van der Waals surface area contributed by atoms with Gasteiger partial charge in [0.15, 0.2) is 0 Å². The summed E-state index contributed by atoms with van der Waals surface area (Å²) in [6.07, 6.45) is 4.92. The van der Waals surface area contributed by atoms with Crippen LogP contribution in [0.4, 0.5) is 0 Å². The van der Waals surface area contributed by atoms with Crippen LogP contribution >= 0.6 is 0 Å². The molecular formula is C12H20N2. The summed E-state index contributed by atoms with van der Waals surface area (Å²) in [6.45, 7) is 8.76. The molecule has 2 nitrogen and oxygen atoms in total. The summed E-state index contributed by atoms with van der Waals surface area (Å²) in [5, 5.41) is 3.45. The first-order chi connectivity index (χ1) is 6.64. The van der Waals surface area contributed by atoms with Gasteiger partial charge in [-0.05, 0) is 23.5 Å². The zero-order chi connectivity index (χ0) is 10.4. The Bertz CT molecular complexity index is 254. The monoisotopic (exact) mass is 192 g/mol. The predicted molar refractivity (Wildman–Crippen MR) is 60.0 cm³/mol. The van der Waals surface area contributed by atoms with E-state index in [-0.39, 0.29) is 0 Å². The van der Waals surface area contributed by atoms with Gasteiger partial charge >= 0.3 is 0 Å². The standard InChI is InChI=1S/C12H20N2/c1-4-12(2,3)10-14-9-11-6-5-7-13-8-11/h5-8,14H,4,9-10H2,1-3H3. The van der Waals surface area contributed by atoms with E-state index in [1.165, 1.54) is 12.0 Å². The Morgan fingerprint density at radius 3 is 2.79 bits per heavy atom.